The van der Waals surface area contributed by atoms with Crippen LogP contribution in [0, 0.1) is 11.7 Å². The lowest BCUT2D eigenvalue weighted by molar-refractivity contribution is -0.141. The largest absolute Gasteiger partial charge is 0.381 e. The minimum Gasteiger partial charge on any atom is -0.381 e. The average Bonchev–Trinajstić information content (AvgIpc) is 3.10. The van der Waals surface area contributed by atoms with Crippen molar-refractivity contribution in [2.75, 3.05) is 26.3 Å². The Morgan fingerprint density at radius 3 is 2.79 bits per heavy atom. The molecule has 0 spiro atoms. The fourth-order valence-corrected chi connectivity index (χ4v) is 5.69. The molecule has 3 aromatic rings. The second kappa shape index (κ2) is 9.60. The molecule has 172 valence electrons. The van der Waals surface area contributed by atoms with E-state index >= 15 is 0 Å². The summed E-state index contributed by atoms with van der Waals surface area (Å²) in [6.07, 6.45) is 9.12. The molecule has 5 heteroatoms. The van der Waals surface area contributed by atoms with Crippen molar-refractivity contribution in [1.29, 1.82) is 0 Å². The summed E-state index contributed by atoms with van der Waals surface area (Å²) >= 11 is 0. The number of halogens is 1. The Balaban J connectivity index is 1.33. The van der Waals surface area contributed by atoms with Crippen LogP contribution >= 0.6 is 0 Å². The van der Waals surface area contributed by atoms with Crippen molar-refractivity contribution >= 4 is 16.7 Å². The summed E-state index contributed by atoms with van der Waals surface area (Å²) in [5.41, 5.74) is 1.48. The molecule has 2 aromatic carbocycles. The van der Waals surface area contributed by atoms with Crippen molar-refractivity contribution < 1.29 is 13.9 Å². The third-order valence-corrected chi connectivity index (χ3v) is 7.55. The number of likely N-dealkylation sites (tertiary alicyclic amines) is 1. The van der Waals surface area contributed by atoms with Crippen molar-refractivity contribution in [3.8, 4) is 0 Å². The monoisotopic (exact) mass is 446 g/mol. The quantitative estimate of drug-likeness (QED) is 0.547. The molecule has 33 heavy (non-hydrogen) atoms. The summed E-state index contributed by atoms with van der Waals surface area (Å²) in [6, 6.07) is 15.1. The van der Waals surface area contributed by atoms with Crippen molar-refractivity contribution in [2.24, 2.45) is 5.92 Å². The summed E-state index contributed by atoms with van der Waals surface area (Å²) < 4.78 is 19.7. The molecule has 1 aromatic heterocycles. The normalized spacial score (nSPS) is 21.0. The van der Waals surface area contributed by atoms with Gasteiger partial charge in [0.2, 0.25) is 5.91 Å². The fraction of sp³-hybridized carbons (Fsp3) is 0.429. The lowest BCUT2D eigenvalue weighted by Gasteiger charge is -2.40. The van der Waals surface area contributed by atoms with Gasteiger partial charge in [0, 0.05) is 44.1 Å². The van der Waals surface area contributed by atoms with Crippen LogP contribution in [0.5, 0.6) is 0 Å². The number of nitrogens with zero attached hydrogens (tertiary/aromatic N) is 2. The van der Waals surface area contributed by atoms with Crippen molar-refractivity contribution in [3.05, 3.63) is 77.9 Å². The first kappa shape index (κ1) is 22.0. The molecule has 2 saturated heterocycles. The smallest absolute Gasteiger partial charge is 0.233 e. The second-order valence-electron chi connectivity index (χ2n) is 9.51. The maximum absolute atomic E-state index is 14.1. The van der Waals surface area contributed by atoms with E-state index in [1.807, 2.05) is 23.4 Å². The van der Waals surface area contributed by atoms with E-state index in [0.29, 0.717) is 32.0 Å². The topological polar surface area (TPSA) is 42.4 Å². The van der Waals surface area contributed by atoms with Gasteiger partial charge in [0.05, 0.1) is 5.41 Å². The average molecular weight is 447 g/mol. The predicted octanol–water partition coefficient (Wildman–Crippen LogP) is 5.29. The highest BCUT2D eigenvalue weighted by atomic mass is 19.1. The highest BCUT2D eigenvalue weighted by molar-refractivity contribution is 5.88. The Bertz CT molecular complexity index is 1120. The summed E-state index contributed by atoms with van der Waals surface area (Å²) in [6.45, 7) is 2.60. The number of carbonyl (C=O) groups excluding carboxylic acids is 1. The number of hydrogen-bond donors (Lipinski definition) is 0. The van der Waals surface area contributed by atoms with Gasteiger partial charge in [0.1, 0.15) is 5.82 Å². The molecule has 0 saturated carbocycles. The third-order valence-electron chi connectivity index (χ3n) is 7.55. The van der Waals surface area contributed by atoms with Crippen molar-refractivity contribution in [2.45, 2.75) is 43.9 Å². The molecule has 2 aliphatic rings. The first-order valence-electron chi connectivity index (χ1n) is 12.1. The lowest BCUT2D eigenvalue weighted by Crippen LogP contribution is -2.50. The number of amides is 1. The number of fused-ring (bicyclic) bond motifs is 1. The Hall–Kier alpha value is -2.79. The number of carbonyl (C=O) groups is 1. The van der Waals surface area contributed by atoms with Gasteiger partial charge in [-0.25, -0.2) is 4.39 Å². The van der Waals surface area contributed by atoms with E-state index in [4.69, 9.17) is 4.74 Å². The summed E-state index contributed by atoms with van der Waals surface area (Å²) in [7, 11) is 0. The number of rotatable bonds is 4. The minimum absolute atomic E-state index is 0.147. The first-order chi connectivity index (χ1) is 16.2. The first-order valence-corrected chi connectivity index (χ1v) is 12.1. The van der Waals surface area contributed by atoms with Crippen LogP contribution in [0.1, 0.15) is 43.2 Å². The zero-order valence-corrected chi connectivity index (χ0v) is 19.0. The summed E-state index contributed by atoms with van der Waals surface area (Å²) in [4.78, 5) is 20.2. The predicted molar refractivity (Wildman–Crippen MR) is 127 cm³/mol. The van der Waals surface area contributed by atoms with Crippen LogP contribution in [-0.2, 0) is 21.4 Å². The summed E-state index contributed by atoms with van der Waals surface area (Å²) in [5.74, 6) is 0.405. The highest BCUT2D eigenvalue weighted by Crippen LogP contribution is 2.38. The van der Waals surface area contributed by atoms with Gasteiger partial charge < -0.3 is 9.64 Å². The molecule has 1 atom stereocenters. The van der Waals surface area contributed by atoms with E-state index in [-0.39, 0.29) is 11.7 Å². The second-order valence-corrected chi connectivity index (χ2v) is 9.51. The van der Waals surface area contributed by atoms with Crippen LogP contribution in [0.4, 0.5) is 4.39 Å². The van der Waals surface area contributed by atoms with E-state index in [9.17, 15) is 9.18 Å². The van der Waals surface area contributed by atoms with Gasteiger partial charge in [-0.2, -0.15) is 0 Å². The molecule has 3 heterocycles. The zero-order chi connectivity index (χ0) is 22.7. The van der Waals surface area contributed by atoms with Gasteiger partial charge >= 0.3 is 0 Å². The van der Waals surface area contributed by atoms with Gasteiger partial charge in [0.25, 0.3) is 0 Å². The molecule has 1 amide bonds. The highest BCUT2D eigenvalue weighted by Gasteiger charge is 2.44. The number of ether oxygens (including phenoxy) is 1. The lowest BCUT2D eigenvalue weighted by atomic mass is 9.73. The van der Waals surface area contributed by atoms with E-state index < -0.39 is 5.41 Å². The standard InChI is InChI=1S/C28H31FN2O2/c29-25-8-2-7-24(19-25)28(11-16-33-17-12-28)27(32)31-14-3-4-21(10-15-31)18-22-5-1-6-23-20-30-13-9-26(22)23/h1-2,5-9,13,19-21H,3-4,10-12,14-18H2/t21-/m0/s1. The number of pyridine rings is 1. The Kier molecular flexibility index (Phi) is 6.41. The van der Waals surface area contributed by atoms with Gasteiger partial charge in [-0.3, -0.25) is 9.78 Å². The van der Waals surface area contributed by atoms with E-state index in [1.54, 1.807) is 12.1 Å². The van der Waals surface area contributed by atoms with Gasteiger partial charge in [-0.05, 0) is 79.2 Å². The number of aromatic nitrogens is 1. The summed E-state index contributed by atoms with van der Waals surface area (Å²) in [5, 5.41) is 2.45. The minimum atomic E-state index is -0.678. The maximum Gasteiger partial charge on any atom is 0.233 e. The molecule has 0 aliphatic carbocycles. The maximum atomic E-state index is 14.1. The number of benzene rings is 2. The van der Waals surface area contributed by atoms with Crippen LogP contribution in [0.15, 0.2) is 60.9 Å². The van der Waals surface area contributed by atoms with Gasteiger partial charge in [0.15, 0.2) is 0 Å². The Labute approximate surface area is 194 Å². The fourth-order valence-electron chi connectivity index (χ4n) is 5.69. The van der Waals surface area contributed by atoms with Gasteiger partial charge in [-0.15, -0.1) is 0 Å². The number of hydrogen-bond acceptors (Lipinski definition) is 3. The molecule has 0 radical (unpaired) electrons. The molecule has 4 nitrogen and oxygen atoms in total. The molecule has 5 rings (SSSR count). The molecule has 2 aliphatic heterocycles. The van der Waals surface area contributed by atoms with Crippen LogP contribution in [0.25, 0.3) is 10.8 Å². The van der Waals surface area contributed by atoms with Gasteiger partial charge in [-0.1, -0.05) is 30.3 Å². The van der Waals surface area contributed by atoms with E-state index in [2.05, 4.69) is 29.2 Å². The Morgan fingerprint density at radius 1 is 1.09 bits per heavy atom. The van der Waals surface area contributed by atoms with Crippen LogP contribution in [0.2, 0.25) is 0 Å². The van der Waals surface area contributed by atoms with E-state index in [0.717, 1.165) is 44.3 Å². The van der Waals surface area contributed by atoms with Crippen LogP contribution in [-0.4, -0.2) is 42.1 Å². The van der Waals surface area contributed by atoms with Crippen LogP contribution in [0.3, 0.4) is 0 Å². The molecule has 2 fully saturated rings. The Morgan fingerprint density at radius 2 is 1.94 bits per heavy atom. The molecule has 0 N–H and O–H groups in total. The van der Waals surface area contributed by atoms with Crippen LogP contribution < -0.4 is 0 Å². The molecule has 0 bridgehead atoms. The molecular formula is C28H31FN2O2. The third kappa shape index (κ3) is 4.51. The SMILES string of the molecule is O=C(N1CCC[C@H](Cc2cccc3cnccc23)CC1)C1(c2cccc(F)c2)CCOCC1. The van der Waals surface area contributed by atoms with E-state index in [1.165, 1.54) is 22.4 Å². The van der Waals surface area contributed by atoms with Crippen molar-refractivity contribution in [3.63, 3.8) is 0 Å². The zero-order valence-electron chi connectivity index (χ0n) is 19.0. The van der Waals surface area contributed by atoms with Crippen molar-refractivity contribution in [1.82, 2.24) is 9.88 Å². The molecule has 0 unspecified atom stereocenters. The molecular weight excluding hydrogens is 415 g/mol.